The van der Waals surface area contributed by atoms with E-state index in [4.69, 9.17) is 0 Å². The Kier molecular flexibility index (Phi) is 4.62. The molecule has 0 aromatic carbocycles. The molecule has 2 heterocycles. The van der Waals surface area contributed by atoms with Gasteiger partial charge in [-0.3, -0.25) is 4.72 Å². The maximum Gasteiger partial charge on any atom is 0.271 e. The lowest BCUT2D eigenvalue weighted by atomic mass is 10.3. The van der Waals surface area contributed by atoms with E-state index in [2.05, 4.69) is 23.9 Å². The van der Waals surface area contributed by atoms with E-state index in [0.29, 0.717) is 22.5 Å². The molecule has 0 radical (unpaired) electrons. The second-order valence-corrected chi connectivity index (χ2v) is 8.03. The van der Waals surface area contributed by atoms with E-state index in [1.165, 1.54) is 22.7 Å². The van der Waals surface area contributed by atoms with Gasteiger partial charge in [-0.25, -0.2) is 8.42 Å². The molecule has 0 aliphatic heterocycles. The smallest absolute Gasteiger partial charge is 0.271 e. The average Bonchev–Trinajstić information content (AvgIpc) is 2.96. The van der Waals surface area contributed by atoms with Gasteiger partial charge in [0, 0.05) is 18.0 Å². The molecule has 0 amide bonds. The van der Waals surface area contributed by atoms with Gasteiger partial charge in [-0.2, -0.15) is 11.3 Å². The first-order chi connectivity index (χ1) is 8.97. The van der Waals surface area contributed by atoms with Gasteiger partial charge >= 0.3 is 0 Å². The number of thiophene rings is 2. The molecule has 19 heavy (non-hydrogen) atoms. The summed E-state index contributed by atoms with van der Waals surface area (Å²) < 4.78 is 27.2. The summed E-state index contributed by atoms with van der Waals surface area (Å²) in [6.45, 7) is 4.80. The van der Waals surface area contributed by atoms with Crippen LogP contribution in [-0.4, -0.2) is 14.5 Å². The zero-order valence-corrected chi connectivity index (χ0v) is 13.2. The third-order valence-corrected chi connectivity index (χ3v) is 5.94. The van der Waals surface area contributed by atoms with Gasteiger partial charge in [0.1, 0.15) is 4.21 Å². The van der Waals surface area contributed by atoms with E-state index in [1.54, 1.807) is 17.5 Å². The standard InChI is InChI=1S/C12H16N2O2S3/c1-9(2)13-6-10-5-12(18-7-10)19(15,16)14-11-3-4-17-8-11/h3-5,7-9,13-14H,6H2,1-2H3. The molecular weight excluding hydrogens is 300 g/mol. The van der Waals surface area contributed by atoms with Crippen molar-refractivity contribution in [2.24, 2.45) is 0 Å². The van der Waals surface area contributed by atoms with Crippen LogP contribution >= 0.6 is 22.7 Å². The van der Waals surface area contributed by atoms with Crippen LogP contribution in [0.5, 0.6) is 0 Å². The molecule has 0 aliphatic rings. The van der Waals surface area contributed by atoms with Gasteiger partial charge in [0.2, 0.25) is 0 Å². The minimum Gasteiger partial charge on any atom is -0.310 e. The lowest BCUT2D eigenvalue weighted by Crippen LogP contribution is -2.21. The highest BCUT2D eigenvalue weighted by Gasteiger charge is 2.17. The first kappa shape index (κ1) is 14.5. The predicted octanol–water partition coefficient (Wildman–Crippen LogP) is 3.11. The Bertz CT molecular complexity index is 615. The first-order valence-corrected chi connectivity index (χ1v) is 9.14. The van der Waals surface area contributed by atoms with E-state index >= 15 is 0 Å². The zero-order chi connectivity index (χ0) is 13.9. The maximum absolute atomic E-state index is 12.1. The minimum absolute atomic E-state index is 0.347. The lowest BCUT2D eigenvalue weighted by Gasteiger charge is -2.05. The molecule has 0 bridgehead atoms. The number of anilines is 1. The summed E-state index contributed by atoms with van der Waals surface area (Å²) in [7, 11) is -3.45. The molecule has 0 aliphatic carbocycles. The Morgan fingerprint density at radius 2 is 2.11 bits per heavy atom. The van der Waals surface area contributed by atoms with Crippen molar-refractivity contribution in [2.45, 2.75) is 30.6 Å². The highest BCUT2D eigenvalue weighted by molar-refractivity contribution is 7.94. The number of hydrogen-bond donors (Lipinski definition) is 2. The summed E-state index contributed by atoms with van der Waals surface area (Å²) in [6.07, 6.45) is 0. The SMILES string of the molecule is CC(C)NCc1csc(S(=O)(=O)Nc2ccsc2)c1. The first-order valence-electron chi connectivity index (χ1n) is 5.83. The van der Waals surface area contributed by atoms with Crippen molar-refractivity contribution in [1.82, 2.24) is 5.32 Å². The van der Waals surface area contributed by atoms with Gasteiger partial charge in [0.05, 0.1) is 5.69 Å². The van der Waals surface area contributed by atoms with Crippen molar-refractivity contribution >= 4 is 38.4 Å². The summed E-state index contributed by atoms with van der Waals surface area (Å²) in [5.74, 6) is 0. The number of sulfonamides is 1. The van der Waals surface area contributed by atoms with Gasteiger partial charge in [0.25, 0.3) is 10.0 Å². The van der Waals surface area contributed by atoms with Crippen molar-refractivity contribution in [1.29, 1.82) is 0 Å². The van der Waals surface area contributed by atoms with Crippen molar-refractivity contribution in [3.05, 3.63) is 33.8 Å². The summed E-state index contributed by atoms with van der Waals surface area (Å²) >= 11 is 2.70. The van der Waals surface area contributed by atoms with Crippen LogP contribution in [-0.2, 0) is 16.6 Å². The number of rotatable bonds is 6. The Morgan fingerprint density at radius 3 is 2.74 bits per heavy atom. The predicted molar refractivity (Wildman–Crippen MR) is 81.4 cm³/mol. The van der Waals surface area contributed by atoms with Crippen LogP contribution in [0.1, 0.15) is 19.4 Å². The molecule has 0 fully saturated rings. The summed E-state index contributed by atoms with van der Waals surface area (Å²) in [5.41, 5.74) is 1.60. The van der Waals surface area contributed by atoms with E-state index in [0.717, 1.165) is 5.56 Å². The summed E-state index contributed by atoms with van der Waals surface area (Å²) in [4.78, 5) is 0. The maximum atomic E-state index is 12.1. The molecule has 0 saturated carbocycles. The Balaban J connectivity index is 2.08. The molecule has 104 valence electrons. The second kappa shape index (κ2) is 6.04. The van der Waals surface area contributed by atoms with Crippen LogP contribution in [0.4, 0.5) is 5.69 Å². The molecule has 2 N–H and O–H groups in total. The third kappa shape index (κ3) is 4.04. The van der Waals surface area contributed by atoms with E-state index in [-0.39, 0.29) is 0 Å². The van der Waals surface area contributed by atoms with Crippen molar-refractivity contribution in [2.75, 3.05) is 4.72 Å². The lowest BCUT2D eigenvalue weighted by molar-refractivity contribution is 0.589. The highest BCUT2D eigenvalue weighted by Crippen LogP contribution is 2.24. The van der Waals surface area contributed by atoms with Gasteiger partial charge in [-0.1, -0.05) is 13.8 Å². The van der Waals surface area contributed by atoms with Gasteiger partial charge < -0.3 is 5.32 Å². The molecule has 0 saturated heterocycles. The van der Waals surface area contributed by atoms with Crippen LogP contribution in [0.3, 0.4) is 0 Å². The Hall–Kier alpha value is -0.890. The molecular formula is C12H16N2O2S3. The second-order valence-electron chi connectivity index (χ2n) is 4.43. The molecule has 0 unspecified atom stereocenters. The molecule has 2 rings (SSSR count). The molecule has 0 atom stereocenters. The van der Waals surface area contributed by atoms with E-state index in [9.17, 15) is 8.42 Å². The van der Waals surface area contributed by atoms with Crippen LogP contribution in [0.2, 0.25) is 0 Å². The van der Waals surface area contributed by atoms with Gasteiger partial charge in [0.15, 0.2) is 0 Å². The minimum atomic E-state index is -3.45. The van der Waals surface area contributed by atoms with Gasteiger partial charge in [-0.15, -0.1) is 11.3 Å². The fraction of sp³-hybridized carbons (Fsp3) is 0.333. The Labute approximate surface area is 121 Å². The van der Waals surface area contributed by atoms with Crippen LogP contribution in [0.15, 0.2) is 32.5 Å². The average molecular weight is 316 g/mol. The number of nitrogens with one attached hydrogen (secondary N) is 2. The molecule has 7 heteroatoms. The van der Waals surface area contributed by atoms with Crippen LogP contribution in [0, 0.1) is 0 Å². The molecule has 2 aromatic heterocycles. The fourth-order valence-electron chi connectivity index (χ4n) is 1.44. The normalized spacial score (nSPS) is 11.9. The molecule has 2 aromatic rings. The number of hydrogen-bond acceptors (Lipinski definition) is 5. The van der Waals surface area contributed by atoms with Gasteiger partial charge in [-0.05, 0) is 28.5 Å². The van der Waals surface area contributed by atoms with Crippen molar-refractivity contribution in [3.63, 3.8) is 0 Å². The molecule has 0 spiro atoms. The summed E-state index contributed by atoms with van der Waals surface area (Å²) in [6, 6.07) is 3.84. The quantitative estimate of drug-likeness (QED) is 0.861. The molecule has 4 nitrogen and oxygen atoms in total. The van der Waals surface area contributed by atoms with E-state index < -0.39 is 10.0 Å². The van der Waals surface area contributed by atoms with Crippen LogP contribution < -0.4 is 10.0 Å². The fourth-order valence-corrected chi connectivity index (χ4v) is 4.36. The topological polar surface area (TPSA) is 58.2 Å². The van der Waals surface area contributed by atoms with Crippen molar-refractivity contribution in [3.8, 4) is 0 Å². The zero-order valence-electron chi connectivity index (χ0n) is 10.7. The van der Waals surface area contributed by atoms with Crippen LogP contribution in [0.25, 0.3) is 0 Å². The summed E-state index contributed by atoms with van der Waals surface area (Å²) in [5, 5.41) is 8.75. The highest BCUT2D eigenvalue weighted by atomic mass is 32.2. The van der Waals surface area contributed by atoms with E-state index in [1.807, 2.05) is 10.8 Å². The van der Waals surface area contributed by atoms with Crippen molar-refractivity contribution < 1.29 is 8.42 Å². The largest absolute Gasteiger partial charge is 0.310 e. The Morgan fingerprint density at radius 1 is 1.32 bits per heavy atom. The third-order valence-electron chi connectivity index (χ3n) is 2.38. The monoisotopic (exact) mass is 316 g/mol.